The Morgan fingerprint density at radius 2 is 2.15 bits per heavy atom. The monoisotopic (exact) mass is 293 g/mol. The first-order valence-corrected chi connectivity index (χ1v) is 7.59. The van der Waals surface area contributed by atoms with Gasteiger partial charge in [-0.1, -0.05) is 6.08 Å². The number of hydrogen-bond donors (Lipinski definition) is 1. The van der Waals surface area contributed by atoms with Crippen LogP contribution in [-0.2, 0) is 0 Å². The lowest BCUT2D eigenvalue weighted by Crippen LogP contribution is -2.29. The van der Waals surface area contributed by atoms with Crippen molar-refractivity contribution < 1.29 is 5.11 Å². The number of phenolic OH excluding ortho intramolecular Hbond substituents is 1. The molecule has 1 N–H and O–H groups in total. The quantitative estimate of drug-likeness (QED) is 0.681. The fourth-order valence-electron chi connectivity index (χ4n) is 2.30. The van der Waals surface area contributed by atoms with Crippen LogP contribution in [0.2, 0.25) is 0 Å². The first kappa shape index (κ1) is 15.1. The molecule has 0 unspecified atom stereocenters. The Bertz CT molecular complexity index is 490. The molecule has 0 amide bonds. The Balaban J connectivity index is 2.42. The minimum absolute atomic E-state index is 0.334. The zero-order chi connectivity index (χ0) is 14.7. The number of anilines is 2. The molecule has 0 fully saturated rings. The van der Waals surface area contributed by atoms with Crippen molar-refractivity contribution in [2.45, 2.75) is 11.3 Å². The standard InChI is InChI=1S/C15H23N3OS/c1-5-6-7-18-9-8-17(4)20-15-11-14(19)12(16(2)3)10-13(15)18/h5,10-11,19H,1,6-9H2,2-4H3. The average Bonchev–Trinajstić information content (AvgIpc) is 2.53. The van der Waals surface area contributed by atoms with Crippen LogP contribution in [-0.4, -0.2) is 50.2 Å². The van der Waals surface area contributed by atoms with E-state index >= 15 is 0 Å². The van der Waals surface area contributed by atoms with Crippen molar-refractivity contribution in [3.8, 4) is 5.75 Å². The van der Waals surface area contributed by atoms with Crippen LogP contribution >= 0.6 is 11.9 Å². The SMILES string of the molecule is C=CCCN1CCN(C)Sc2cc(O)c(N(C)C)cc21. The van der Waals surface area contributed by atoms with Crippen molar-refractivity contribution in [3.63, 3.8) is 0 Å². The number of hydrogen-bond acceptors (Lipinski definition) is 5. The lowest BCUT2D eigenvalue weighted by molar-refractivity contribution is 0.474. The molecule has 1 aromatic carbocycles. The van der Waals surface area contributed by atoms with Crippen LogP contribution in [0.5, 0.6) is 5.75 Å². The smallest absolute Gasteiger partial charge is 0.140 e. The second-order valence-corrected chi connectivity index (χ2v) is 6.46. The van der Waals surface area contributed by atoms with Gasteiger partial charge < -0.3 is 14.9 Å². The van der Waals surface area contributed by atoms with Gasteiger partial charge in [0.2, 0.25) is 0 Å². The van der Waals surface area contributed by atoms with E-state index in [0.29, 0.717) is 5.75 Å². The maximum absolute atomic E-state index is 10.2. The van der Waals surface area contributed by atoms with E-state index in [4.69, 9.17) is 0 Å². The van der Waals surface area contributed by atoms with Crippen molar-refractivity contribution in [3.05, 3.63) is 24.8 Å². The molecular weight excluding hydrogens is 270 g/mol. The first-order valence-electron chi connectivity index (χ1n) is 6.82. The van der Waals surface area contributed by atoms with Crippen molar-refractivity contribution in [1.29, 1.82) is 0 Å². The van der Waals surface area contributed by atoms with E-state index in [1.807, 2.05) is 31.1 Å². The van der Waals surface area contributed by atoms with E-state index in [1.165, 1.54) is 5.69 Å². The minimum atomic E-state index is 0.334. The maximum Gasteiger partial charge on any atom is 0.140 e. The predicted octanol–water partition coefficient (Wildman–Crippen LogP) is 2.79. The Hall–Kier alpha value is -1.33. The molecule has 0 aromatic heterocycles. The fourth-order valence-corrected chi connectivity index (χ4v) is 3.25. The molecule has 1 heterocycles. The second kappa shape index (κ2) is 6.41. The number of benzene rings is 1. The van der Waals surface area contributed by atoms with Gasteiger partial charge in [0.1, 0.15) is 5.75 Å². The molecule has 1 aliphatic heterocycles. The van der Waals surface area contributed by atoms with E-state index in [1.54, 1.807) is 11.9 Å². The van der Waals surface area contributed by atoms with Gasteiger partial charge in [-0.05, 0) is 37.5 Å². The summed E-state index contributed by atoms with van der Waals surface area (Å²) < 4.78 is 2.21. The molecular formula is C15H23N3OS. The van der Waals surface area contributed by atoms with Gasteiger partial charge in [0, 0.05) is 33.7 Å². The van der Waals surface area contributed by atoms with Gasteiger partial charge in [-0.15, -0.1) is 6.58 Å². The Morgan fingerprint density at radius 1 is 1.40 bits per heavy atom. The van der Waals surface area contributed by atoms with E-state index in [0.717, 1.165) is 36.6 Å². The van der Waals surface area contributed by atoms with E-state index < -0.39 is 0 Å². The Kier molecular flexibility index (Phi) is 4.83. The van der Waals surface area contributed by atoms with Crippen molar-refractivity contribution in [2.75, 3.05) is 50.6 Å². The van der Waals surface area contributed by atoms with Gasteiger partial charge in [0.25, 0.3) is 0 Å². The number of likely N-dealkylation sites (N-methyl/N-ethyl adjacent to an activating group) is 1. The highest BCUT2D eigenvalue weighted by Crippen LogP contribution is 2.41. The highest BCUT2D eigenvalue weighted by molar-refractivity contribution is 7.97. The molecule has 0 saturated heterocycles. The number of aromatic hydroxyl groups is 1. The predicted molar refractivity (Wildman–Crippen MR) is 87.9 cm³/mol. The molecule has 5 heteroatoms. The normalized spacial score (nSPS) is 15.7. The van der Waals surface area contributed by atoms with Gasteiger partial charge >= 0.3 is 0 Å². The topological polar surface area (TPSA) is 30.0 Å². The minimum Gasteiger partial charge on any atom is -0.506 e. The molecule has 0 aliphatic carbocycles. The number of fused-ring (bicyclic) bond motifs is 1. The molecule has 0 spiro atoms. The summed E-state index contributed by atoms with van der Waals surface area (Å²) in [6.07, 6.45) is 2.92. The lowest BCUT2D eigenvalue weighted by atomic mass is 10.2. The number of nitrogens with zero attached hydrogens (tertiary/aromatic N) is 3. The van der Waals surface area contributed by atoms with Crippen LogP contribution in [0.4, 0.5) is 11.4 Å². The van der Waals surface area contributed by atoms with Crippen LogP contribution in [0.3, 0.4) is 0 Å². The Morgan fingerprint density at radius 3 is 2.80 bits per heavy atom. The van der Waals surface area contributed by atoms with E-state index in [9.17, 15) is 5.11 Å². The molecule has 20 heavy (non-hydrogen) atoms. The van der Waals surface area contributed by atoms with Gasteiger partial charge in [-0.25, -0.2) is 4.31 Å². The highest BCUT2D eigenvalue weighted by Gasteiger charge is 2.21. The summed E-state index contributed by atoms with van der Waals surface area (Å²) in [5, 5.41) is 10.2. The first-order chi connectivity index (χ1) is 9.52. The third-order valence-corrected chi connectivity index (χ3v) is 4.44. The third-order valence-electron chi connectivity index (χ3n) is 3.42. The highest BCUT2D eigenvalue weighted by atomic mass is 32.2. The van der Waals surface area contributed by atoms with Gasteiger partial charge in [-0.2, -0.15) is 0 Å². The summed E-state index contributed by atoms with van der Waals surface area (Å²) in [6, 6.07) is 3.96. The number of phenols is 1. The molecule has 1 aliphatic rings. The third kappa shape index (κ3) is 3.22. The zero-order valence-corrected chi connectivity index (χ0v) is 13.3. The summed E-state index contributed by atoms with van der Waals surface area (Å²) in [7, 11) is 5.99. The van der Waals surface area contributed by atoms with Crippen LogP contribution in [0.15, 0.2) is 29.7 Å². The fraction of sp³-hybridized carbons (Fsp3) is 0.467. The van der Waals surface area contributed by atoms with Crippen molar-refractivity contribution in [2.24, 2.45) is 0 Å². The van der Waals surface area contributed by atoms with E-state index in [-0.39, 0.29) is 0 Å². The van der Waals surface area contributed by atoms with Gasteiger partial charge in [0.05, 0.1) is 16.3 Å². The molecule has 0 bridgehead atoms. The molecule has 2 rings (SSSR count). The maximum atomic E-state index is 10.2. The molecule has 0 radical (unpaired) electrons. The van der Waals surface area contributed by atoms with Gasteiger partial charge in [-0.3, -0.25) is 0 Å². The molecule has 0 atom stereocenters. The van der Waals surface area contributed by atoms with Crippen molar-refractivity contribution in [1.82, 2.24) is 4.31 Å². The summed E-state index contributed by atoms with van der Waals surface area (Å²) in [4.78, 5) is 5.43. The summed E-state index contributed by atoms with van der Waals surface area (Å²) in [5.74, 6) is 0.334. The number of rotatable bonds is 4. The van der Waals surface area contributed by atoms with Gasteiger partial charge in [0.15, 0.2) is 0 Å². The zero-order valence-electron chi connectivity index (χ0n) is 12.5. The molecule has 1 aromatic rings. The summed E-state index contributed by atoms with van der Waals surface area (Å²) in [5.41, 5.74) is 2.06. The summed E-state index contributed by atoms with van der Waals surface area (Å²) in [6.45, 7) is 6.75. The molecule has 0 saturated carbocycles. The average molecular weight is 293 g/mol. The van der Waals surface area contributed by atoms with Crippen LogP contribution < -0.4 is 9.80 Å². The molecule has 4 nitrogen and oxygen atoms in total. The second-order valence-electron chi connectivity index (χ2n) is 5.21. The van der Waals surface area contributed by atoms with Crippen LogP contribution in [0.1, 0.15) is 6.42 Å². The molecule has 110 valence electrons. The summed E-state index contributed by atoms with van der Waals surface area (Å²) >= 11 is 1.69. The van der Waals surface area contributed by atoms with E-state index in [2.05, 4.69) is 28.9 Å². The van der Waals surface area contributed by atoms with Crippen LogP contribution in [0.25, 0.3) is 0 Å². The largest absolute Gasteiger partial charge is 0.506 e. The van der Waals surface area contributed by atoms with Crippen LogP contribution in [0, 0.1) is 0 Å². The Labute approximate surface area is 125 Å². The van der Waals surface area contributed by atoms with Crippen molar-refractivity contribution >= 4 is 23.3 Å². The lowest BCUT2D eigenvalue weighted by Gasteiger charge is -2.26.